The Morgan fingerprint density at radius 1 is 0.897 bits per heavy atom. The van der Waals surface area contributed by atoms with Crippen LogP contribution in [0.1, 0.15) is 23.6 Å². The lowest BCUT2D eigenvalue weighted by atomic mass is 9.98. The van der Waals surface area contributed by atoms with Gasteiger partial charge in [0, 0.05) is 17.5 Å². The molecule has 0 bridgehead atoms. The van der Waals surface area contributed by atoms with Gasteiger partial charge < -0.3 is 18.9 Å². The van der Waals surface area contributed by atoms with Crippen LogP contribution in [0.3, 0.4) is 0 Å². The first-order chi connectivity index (χ1) is 13.8. The number of ether oxygens (including phenoxy) is 4. The van der Waals surface area contributed by atoms with Crippen molar-refractivity contribution in [1.82, 2.24) is 4.41 Å². The molecule has 0 amide bonds. The SMILES string of the molecule is COc1ccc(OC)c([C@H]2CC(c3ccc(OC)c(OC)c3)=NN2S(C)(=O)=O)c1. The van der Waals surface area contributed by atoms with Crippen LogP contribution in [0.15, 0.2) is 41.5 Å². The van der Waals surface area contributed by atoms with Crippen molar-refractivity contribution in [3.8, 4) is 23.0 Å². The molecule has 2 aromatic rings. The maximum Gasteiger partial charge on any atom is 0.247 e. The van der Waals surface area contributed by atoms with Gasteiger partial charge in [0.25, 0.3) is 0 Å². The molecule has 0 unspecified atom stereocenters. The van der Waals surface area contributed by atoms with Gasteiger partial charge in [-0.15, -0.1) is 0 Å². The van der Waals surface area contributed by atoms with Gasteiger partial charge in [0.2, 0.25) is 10.0 Å². The number of hydrazone groups is 1. The van der Waals surface area contributed by atoms with E-state index in [4.69, 9.17) is 18.9 Å². The molecular weight excluding hydrogens is 396 g/mol. The summed E-state index contributed by atoms with van der Waals surface area (Å²) in [6, 6.07) is 10.1. The maximum atomic E-state index is 12.5. The number of nitrogens with zero attached hydrogens (tertiary/aromatic N) is 2. The number of sulfonamides is 1. The van der Waals surface area contributed by atoms with E-state index in [1.165, 1.54) is 0 Å². The summed E-state index contributed by atoms with van der Waals surface area (Å²) < 4.78 is 47.5. The summed E-state index contributed by atoms with van der Waals surface area (Å²) in [6.07, 6.45) is 1.50. The zero-order valence-corrected chi connectivity index (χ0v) is 17.8. The quantitative estimate of drug-likeness (QED) is 0.685. The number of rotatable bonds is 7. The molecule has 9 heteroatoms. The Hall–Kier alpha value is -2.94. The van der Waals surface area contributed by atoms with E-state index in [-0.39, 0.29) is 0 Å². The van der Waals surface area contributed by atoms with Crippen molar-refractivity contribution in [3.05, 3.63) is 47.5 Å². The minimum atomic E-state index is -3.62. The third-order valence-corrected chi connectivity index (χ3v) is 5.74. The molecule has 0 saturated carbocycles. The topological polar surface area (TPSA) is 86.7 Å². The molecule has 1 aliphatic heterocycles. The molecule has 0 spiro atoms. The van der Waals surface area contributed by atoms with Crippen LogP contribution in [0.2, 0.25) is 0 Å². The molecule has 2 aromatic carbocycles. The summed E-state index contributed by atoms with van der Waals surface area (Å²) in [7, 11) is 2.58. The Kier molecular flexibility index (Phi) is 5.88. The van der Waals surface area contributed by atoms with E-state index >= 15 is 0 Å². The second-order valence-electron chi connectivity index (χ2n) is 6.48. The highest BCUT2D eigenvalue weighted by molar-refractivity contribution is 7.88. The highest BCUT2D eigenvalue weighted by atomic mass is 32.2. The summed E-state index contributed by atoms with van der Waals surface area (Å²) in [4.78, 5) is 0. The molecule has 0 aliphatic carbocycles. The van der Waals surface area contributed by atoms with Crippen LogP contribution in [-0.4, -0.2) is 53.2 Å². The molecular formula is C20H24N2O6S. The van der Waals surface area contributed by atoms with Crippen LogP contribution >= 0.6 is 0 Å². The monoisotopic (exact) mass is 420 g/mol. The van der Waals surface area contributed by atoms with E-state index in [0.29, 0.717) is 40.7 Å². The normalized spacial score (nSPS) is 16.4. The molecule has 8 nitrogen and oxygen atoms in total. The maximum absolute atomic E-state index is 12.5. The summed E-state index contributed by atoms with van der Waals surface area (Å²) in [5.74, 6) is 2.30. The van der Waals surface area contributed by atoms with Gasteiger partial charge in [0.15, 0.2) is 11.5 Å². The minimum absolute atomic E-state index is 0.367. The van der Waals surface area contributed by atoms with Gasteiger partial charge in [-0.1, -0.05) is 0 Å². The second kappa shape index (κ2) is 8.20. The average Bonchev–Trinajstić information content (AvgIpc) is 3.18. The minimum Gasteiger partial charge on any atom is -0.497 e. The molecule has 0 saturated heterocycles. The average molecular weight is 420 g/mol. The molecule has 0 N–H and O–H groups in total. The molecule has 3 rings (SSSR count). The van der Waals surface area contributed by atoms with Gasteiger partial charge in [-0.25, -0.2) is 8.42 Å². The molecule has 0 fully saturated rings. The Labute approximate surface area is 170 Å². The molecule has 1 atom stereocenters. The van der Waals surface area contributed by atoms with Gasteiger partial charge in [0.05, 0.1) is 46.4 Å². The van der Waals surface area contributed by atoms with E-state index in [1.807, 2.05) is 6.07 Å². The van der Waals surface area contributed by atoms with E-state index in [1.54, 1.807) is 58.8 Å². The summed E-state index contributed by atoms with van der Waals surface area (Å²) >= 11 is 0. The Morgan fingerprint density at radius 2 is 1.55 bits per heavy atom. The third kappa shape index (κ3) is 4.09. The first-order valence-electron chi connectivity index (χ1n) is 8.83. The molecule has 1 heterocycles. The third-order valence-electron chi connectivity index (χ3n) is 4.73. The van der Waals surface area contributed by atoms with Crippen LogP contribution in [0.4, 0.5) is 0 Å². The lowest BCUT2D eigenvalue weighted by Gasteiger charge is -2.23. The van der Waals surface area contributed by atoms with Gasteiger partial charge in [-0.3, -0.25) is 0 Å². The van der Waals surface area contributed by atoms with Crippen LogP contribution in [0.25, 0.3) is 0 Å². The van der Waals surface area contributed by atoms with Crippen molar-refractivity contribution in [3.63, 3.8) is 0 Å². The first-order valence-corrected chi connectivity index (χ1v) is 10.7. The van der Waals surface area contributed by atoms with Gasteiger partial charge >= 0.3 is 0 Å². The van der Waals surface area contributed by atoms with Crippen molar-refractivity contribution < 1.29 is 27.4 Å². The zero-order chi connectivity index (χ0) is 21.2. The predicted octanol–water partition coefficient (Wildman–Crippen LogP) is 2.83. The van der Waals surface area contributed by atoms with Crippen molar-refractivity contribution in [2.45, 2.75) is 12.5 Å². The smallest absolute Gasteiger partial charge is 0.247 e. The molecule has 1 aliphatic rings. The van der Waals surface area contributed by atoms with E-state index in [0.717, 1.165) is 16.2 Å². The Bertz CT molecular complexity index is 1040. The van der Waals surface area contributed by atoms with Crippen LogP contribution < -0.4 is 18.9 Å². The first kappa shape index (κ1) is 20.8. The van der Waals surface area contributed by atoms with Crippen LogP contribution in [0.5, 0.6) is 23.0 Å². The van der Waals surface area contributed by atoms with Gasteiger partial charge in [0.1, 0.15) is 11.5 Å². The molecule has 0 aromatic heterocycles. The Balaban J connectivity index is 2.07. The summed E-state index contributed by atoms with van der Waals surface area (Å²) in [6.45, 7) is 0. The standard InChI is InChI=1S/C20H24N2O6S/c1-25-14-7-9-18(26-2)15(11-14)17-12-16(21-22(17)29(5,23)24)13-6-8-19(27-3)20(10-13)28-4/h6-11,17H,12H2,1-5H3/t17-/m1/s1. The van der Waals surface area contributed by atoms with Crippen molar-refractivity contribution in [2.24, 2.45) is 5.10 Å². The predicted molar refractivity (Wildman–Crippen MR) is 110 cm³/mol. The van der Waals surface area contributed by atoms with Crippen LogP contribution in [0, 0.1) is 0 Å². The highest BCUT2D eigenvalue weighted by Gasteiger charge is 2.36. The lowest BCUT2D eigenvalue weighted by molar-refractivity contribution is 0.348. The fourth-order valence-corrected chi connectivity index (χ4v) is 4.21. The van der Waals surface area contributed by atoms with Gasteiger partial charge in [-0.2, -0.15) is 9.52 Å². The van der Waals surface area contributed by atoms with Crippen molar-refractivity contribution in [1.29, 1.82) is 0 Å². The number of benzene rings is 2. The van der Waals surface area contributed by atoms with E-state index < -0.39 is 16.1 Å². The second-order valence-corrected chi connectivity index (χ2v) is 8.32. The van der Waals surface area contributed by atoms with E-state index in [2.05, 4.69) is 5.10 Å². The molecule has 156 valence electrons. The number of hydrogen-bond acceptors (Lipinski definition) is 7. The van der Waals surface area contributed by atoms with Crippen molar-refractivity contribution in [2.75, 3.05) is 34.7 Å². The van der Waals surface area contributed by atoms with Crippen molar-refractivity contribution >= 4 is 15.7 Å². The molecule has 29 heavy (non-hydrogen) atoms. The van der Waals surface area contributed by atoms with Gasteiger partial charge in [-0.05, 0) is 36.4 Å². The van der Waals surface area contributed by atoms with E-state index in [9.17, 15) is 8.42 Å². The summed E-state index contributed by atoms with van der Waals surface area (Å²) in [5, 5.41) is 4.42. The molecule has 0 radical (unpaired) electrons. The van der Waals surface area contributed by atoms with Crippen LogP contribution in [-0.2, 0) is 10.0 Å². The fraction of sp³-hybridized carbons (Fsp3) is 0.350. The summed E-state index contributed by atoms with van der Waals surface area (Å²) in [5.41, 5.74) is 2.04. The number of hydrogen-bond donors (Lipinski definition) is 0. The number of methoxy groups -OCH3 is 4. The fourth-order valence-electron chi connectivity index (χ4n) is 3.32. The lowest BCUT2D eigenvalue weighted by Crippen LogP contribution is -2.26. The largest absolute Gasteiger partial charge is 0.497 e. The Morgan fingerprint density at radius 3 is 2.14 bits per heavy atom. The zero-order valence-electron chi connectivity index (χ0n) is 17.0. The highest BCUT2D eigenvalue weighted by Crippen LogP contribution is 2.41.